The highest BCUT2D eigenvalue weighted by Gasteiger charge is 2.15. The van der Waals surface area contributed by atoms with E-state index in [4.69, 9.17) is 21.6 Å². The molecular formula is C7H6BClN2O2. The van der Waals surface area contributed by atoms with Crippen molar-refractivity contribution in [1.29, 1.82) is 0 Å². The molecule has 0 saturated heterocycles. The Hall–Kier alpha value is -1.04. The monoisotopic (exact) mass is 196 g/mol. The number of hydrogen-bond donors (Lipinski definition) is 3. The normalized spacial score (nSPS) is 10.7. The molecule has 0 aliphatic heterocycles. The number of halogens is 1. The van der Waals surface area contributed by atoms with Crippen LogP contribution in [0.1, 0.15) is 0 Å². The molecule has 2 aromatic heterocycles. The largest absolute Gasteiger partial charge is 0.505 e. The van der Waals surface area contributed by atoms with Crippen molar-refractivity contribution < 1.29 is 10.0 Å². The van der Waals surface area contributed by atoms with Gasteiger partial charge in [-0.3, -0.25) is 0 Å². The van der Waals surface area contributed by atoms with Crippen molar-refractivity contribution in [1.82, 2.24) is 9.97 Å². The lowest BCUT2D eigenvalue weighted by atomic mass is 9.87. The van der Waals surface area contributed by atoms with Crippen LogP contribution in [0.2, 0.25) is 5.02 Å². The maximum atomic E-state index is 8.87. The van der Waals surface area contributed by atoms with Gasteiger partial charge in [-0.15, -0.1) is 0 Å². The third-order valence-electron chi connectivity index (χ3n) is 1.78. The summed E-state index contributed by atoms with van der Waals surface area (Å²) in [5, 5.41) is 19.0. The number of nitrogens with one attached hydrogen (secondary N) is 1. The van der Waals surface area contributed by atoms with Crippen molar-refractivity contribution in [3.05, 3.63) is 23.4 Å². The molecule has 2 aromatic rings. The zero-order valence-corrected chi connectivity index (χ0v) is 7.28. The molecule has 0 bridgehead atoms. The molecule has 2 heterocycles. The summed E-state index contributed by atoms with van der Waals surface area (Å²) in [7, 11) is -1.52. The second-order valence-corrected chi connectivity index (χ2v) is 3.06. The van der Waals surface area contributed by atoms with Crippen molar-refractivity contribution in [3.8, 4) is 0 Å². The quantitative estimate of drug-likeness (QED) is 0.558. The van der Waals surface area contributed by atoms with Gasteiger partial charge in [0.15, 0.2) is 0 Å². The van der Waals surface area contributed by atoms with Crippen LogP contribution in [0, 0.1) is 0 Å². The molecule has 6 heteroatoms. The molecule has 4 nitrogen and oxygen atoms in total. The standard InChI is InChI=1S/C7H6BClN2O2/c9-5-1-2-10-7-4(5)3-6(11-7)8(12)13/h1-3,12-13H,(H,10,11). The molecule has 0 radical (unpaired) electrons. The molecule has 0 spiro atoms. The predicted octanol–water partition coefficient (Wildman–Crippen LogP) is -0.104. The first-order valence-electron chi connectivity index (χ1n) is 3.68. The van der Waals surface area contributed by atoms with Gasteiger partial charge in [0.1, 0.15) is 5.65 Å². The first-order valence-corrected chi connectivity index (χ1v) is 4.05. The lowest BCUT2D eigenvalue weighted by Gasteiger charge is -1.89. The molecular weight excluding hydrogens is 190 g/mol. The maximum Gasteiger partial charge on any atom is 0.505 e. The lowest BCUT2D eigenvalue weighted by molar-refractivity contribution is 0.424. The van der Waals surface area contributed by atoms with Gasteiger partial charge in [0.2, 0.25) is 0 Å². The van der Waals surface area contributed by atoms with Gasteiger partial charge in [0.05, 0.1) is 5.02 Å². The Kier molecular flexibility index (Phi) is 1.99. The van der Waals surface area contributed by atoms with Crippen molar-refractivity contribution >= 4 is 35.3 Å². The Bertz CT molecular complexity index is 443. The zero-order valence-electron chi connectivity index (χ0n) is 6.53. The molecule has 3 N–H and O–H groups in total. The van der Waals surface area contributed by atoms with Crippen LogP contribution in [-0.2, 0) is 0 Å². The number of rotatable bonds is 1. The Labute approximate surface area is 79.3 Å². The van der Waals surface area contributed by atoms with Gasteiger partial charge < -0.3 is 15.0 Å². The fraction of sp³-hybridized carbons (Fsp3) is 0. The zero-order chi connectivity index (χ0) is 9.42. The van der Waals surface area contributed by atoms with Crippen LogP contribution in [0.25, 0.3) is 11.0 Å². The van der Waals surface area contributed by atoms with E-state index in [0.29, 0.717) is 16.1 Å². The first kappa shape index (κ1) is 8.56. The highest BCUT2D eigenvalue weighted by atomic mass is 35.5. The third-order valence-corrected chi connectivity index (χ3v) is 2.11. The van der Waals surface area contributed by atoms with E-state index < -0.39 is 7.12 Å². The summed E-state index contributed by atoms with van der Waals surface area (Å²) in [6.07, 6.45) is 1.55. The van der Waals surface area contributed by atoms with Crippen LogP contribution in [0.3, 0.4) is 0 Å². The molecule has 0 fully saturated rings. The summed E-state index contributed by atoms with van der Waals surface area (Å²) in [4.78, 5) is 6.72. The number of pyridine rings is 1. The van der Waals surface area contributed by atoms with Crippen LogP contribution in [0.15, 0.2) is 18.3 Å². The van der Waals surface area contributed by atoms with Crippen LogP contribution < -0.4 is 5.59 Å². The Morgan fingerprint density at radius 2 is 2.23 bits per heavy atom. The van der Waals surface area contributed by atoms with Gasteiger partial charge in [0, 0.05) is 17.2 Å². The molecule has 66 valence electrons. The van der Waals surface area contributed by atoms with Crippen molar-refractivity contribution in [2.75, 3.05) is 0 Å². The summed E-state index contributed by atoms with van der Waals surface area (Å²) in [6, 6.07) is 3.21. The van der Waals surface area contributed by atoms with Gasteiger partial charge >= 0.3 is 7.12 Å². The van der Waals surface area contributed by atoms with Crippen molar-refractivity contribution in [2.45, 2.75) is 0 Å². The van der Waals surface area contributed by atoms with E-state index in [-0.39, 0.29) is 5.59 Å². The Balaban J connectivity index is 2.68. The average molecular weight is 196 g/mol. The van der Waals surface area contributed by atoms with E-state index >= 15 is 0 Å². The van der Waals surface area contributed by atoms with Crippen LogP contribution >= 0.6 is 11.6 Å². The van der Waals surface area contributed by atoms with Gasteiger partial charge in [-0.2, -0.15) is 0 Å². The second kappa shape index (κ2) is 3.03. The minimum absolute atomic E-state index is 0.288. The van der Waals surface area contributed by atoms with Crippen LogP contribution in [0.4, 0.5) is 0 Å². The smallest absolute Gasteiger partial charge is 0.422 e. The van der Waals surface area contributed by atoms with Gasteiger partial charge in [-0.1, -0.05) is 11.6 Å². The average Bonchev–Trinajstić information content (AvgIpc) is 2.49. The van der Waals surface area contributed by atoms with E-state index in [1.807, 2.05) is 0 Å². The lowest BCUT2D eigenvalue weighted by Crippen LogP contribution is -2.30. The number of fused-ring (bicyclic) bond motifs is 1. The summed E-state index contributed by atoms with van der Waals surface area (Å²) >= 11 is 5.85. The summed E-state index contributed by atoms with van der Waals surface area (Å²) in [5.74, 6) is 0. The molecule has 13 heavy (non-hydrogen) atoms. The molecule has 0 amide bonds. The summed E-state index contributed by atoms with van der Waals surface area (Å²) < 4.78 is 0. The number of hydrogen-bond acceptors (Lipinski definition) is 3. The Morgan fingerprint density at radius 1 is 1.46 bits per heavy atom. The number of aromatic amines is 1. The maximum absolute atomic E-state index is 8.87. The molecule has 0 atom stereocenters. The fourth-order valence-electron chi connectivity index (χ4n) is 1.15. The molecule has 0 unspecified atom stereocenters. The number of aromatic nitrogens is 2. The van der Waals surface area contributed by atoms with Gasteiger partial charge in [-0.05, 0) is 12.1 Å². The second-order valence-electron chi connectivity index (χ2n) is 2.65. The van der Waals surface area contributed by atoms with E-state index in [1.54, 1.807) is 18.3 Å². The molecule has 0 saturated carbocycles. The van der Waals surface area contributed by atoms with Crippen molar-refractivity contribution in [3.63, 3.8) is 0 Å². The highest BCUT2D eigenvalue weighted by Crippen LogP contribution is 2.18. The SMILES string of the molecule is OB(O)c1cc2c(Cl)ccnc2[nH]1. The van der Waals surface area contributed by atoms with Crippen molar-refractivity contribution in [2.24, 2.45) is 0 Å². The summed E-state index contributed by atoms with van der Waals surface area (Å²) in [5.41, 5.74) is 0.839. The topological polar surface area (TPSA) is 69.1 Å². The minimum Gasteiger partial charge on any atom is -0.422 e. The Morgan fingerprint density at radius 3 is 2.85 bits per heavy atom. The number of H-pyrrole nitrogens is 1. The number of nitrogens with zero attached hydrogens (tertiary/aromatic N) is 1. The summed E-state index contributed by atoms with van der Waals surface area (Å²) in [6.45, 7) is 0. The van der Waals surface area contributed by atoms with Crippen LogP contribution in [0.5, 0.6) is 0 Å². The van der Waals surface area contributed by atoms with E-state index in [2.05, 4.69) is 9.97 Å². The van der Waals surface area contributed by atoms with Gasteiger partial charge in [-0.25, -0.2) is 4.98 Å². The van der Waals surface area contributed by atoms with Gasteiger partial charge in [0.25, 0.3) is 0 Å². The van der Waals surface area contributed by atoms with Crippen LogP contribution in [-0.4, -0.2) is 27.1 Å². The highest BCUT2D eigenvalue weighted by molar-refractivity contribution is 6.58. The third kappa shape index (κ3) is 1.41. The minimum atomic E-state index is -1.52. The van der Waals surface area contributed by atoms with E-state index in [1.165, 1.54) is 0 Å². The molecule has 0 aliphatic carbocycles. The van der Waals surface area contributed by atoms with E-state index in [9.17, 15) is 0 Å². The first-order chi connectivity index (χ1) is 6.18. The molecule has 0 aromatic carbocycles. The fourth-order valence-corrected chi connectivity index (χ4v) is 1.35. The predicted molar refractivity (Wildman–Crippen MR) is 50.9 cm³/mol. The molecule has 0 aliphatic rings. The molecule has 2 rings (SSSR count). The van der Waals surface area contributed by atoms with E-state index in [0.717, 1.165) is 0 Å².